The number of hydrogen-bond donors (Lipinski definition) is 2. The number of aromatic nitrogens is 2. The molecule has 0 spiro atoms. The quantitative estimate of drug-likeness (QED) is 0.872. The number of nitrogens with zero attached hydrogens (tertiary/aromatic N) is 2. The molecule has 2 N–H and O–H groups in total. The van der Waals surface area contributed by atoms with E-state index in [2.05, 4.69) is 46.8 Å². The number of hydrogen-bond acceptors (Lipinski definition) is 5. The lowest BCUT2D eigenvalue weighted by Gasteiger charge is -2.21. The van der Waals surface area contributed by atoms with Crippen LogP contribution in [-0.4, -0.2) is 36.0 Å². The van der Waals surface area contributed by atoms with E-state index in [-0.39, 0.29) is 11.4 Å². The third-order valence-corrected chi connectivity index (χ3v) is 5.41. The van der Waals surface area contributed by atoms with Gasteiger partial charge in [-0.3, -0.25) is 5.32 Å². The molecule has 0 radical (unpaired) electrons. The summed E-state index contributed by atoms with van der Waals surface area (Å²) in [6.07, 6.45) is 0.995. The summed E-state index contributed by atoms with van der Waals surface area (Å²) in [6, 6.07) is 9.92. The molecule has 6 nitrogen and oxygen atoms in total. The zero-order chi connectivity index (χ0) is 17.0. The van der Waals surface area contributed by atoms with E-state index in [9.17, 15) is 4.79 Å². The van der Waals surface area contributed by atoms with Gasteiger partial charge in [-0.25, -0.2) is 4.79 Å². The van der Waals surface area contributed by atoms with Crippen LogP contribution in [0.3, 0.4) is 0 Å². The molecule has 2 heterocycles. The fourth-order valence-electron chi connectivity index (χ4n) is 2.63. The Balaban J connectivity index is 1.59. The molecule has 1 saturated heterocycles. The number of nitrogens with one attached hydrogen (secondary N) is 2. The van der Waals surface area contributed by atoms with Crippen LogP contribution in [0.25, 0.3) is 0 Å². The molecule has 0 unspecified atom stereocenters. The van der Waals surface area contributed by atoms with Crippen molar-refractivity contribution in [1.29, 1.82) is 0 Å². The highest BCUT2D eigenvalue weighted by Gasteiger charge is 2.27. The molecule has 2 aromatic rings. The van der Waals surface area contributed by atoms with Crippen molar-refractivity contribution in [1.82, 2.24) is 15.5 Å². The van der Waals surface area contributed by atoms with E-state index < -0.39 is 0 Å². The third kappa shape index (κ3) is 3.91. The number of carbonyl (C=O) groups excluding carboxylic acids is 1. The van der Waals surface area contributed by atoms with Crippen molar-refractivity contribution >= 4 is 22.5 Å². The summed E-state index contributed by atoms with van der Waals surface area (Å²) in [7, 11) is 0. The van der Waals surface area contributed by atoms with Gasteiger partial charge in [0.05, 0.1) is 6.61 Å². The lowest BCUT2D eigenvalue weighted by Crippen LogP contribution is -2.33. The van der Waals surface area contributed by atoms with E-state index in [1.54, 1.807) is 0 Å². The Labute approximate surface area is 145 Å². The van der Waals surface area contributed by atoms with E-state index in [1.807, 2.05) is 18.2 Å². The van der Waals surface area contributed by atoms with E-state index in [4.69, 9.17) is 4.74 Å². The van der Waals surface area contributed by atoms with Crippen LogP contribution in [0.15, 0.2) is 30.3 Å². The van der Waals surface area contributed by atoms with Gasteiger partial charge in [0.25, 0.3) is 0 Å². The summed E-state index contributed by atoms with van der Waals surface area (Å²) in [4.78, 5) is 12.0. The van der Waals surface area contributed by atoms with Crippen LogP contribution >= 0.6 is 11.3 Å². The monoisotopic (exact) mass is 346 g/mol. The number of benzene rings is 1. The first kappa shape index (κ1) is 16.9. The van der Waals surface area contributed by atoms with Gasteiger partial charge >= 0.3 is 6.03 Å². The molecule has 1 aliphatic rings. The van der Waals surface area contributed by atoms with Gasteiger partial charge in [0.2, 0.25) is 5.13 Å². The maximum atomic E-state index is 12.0. The highest BCUT2D eigenvalue weighted by atomic mass is 32.1. The zero-order valence-electron chi connectivity index (χ0n) is 13.9. The molecule has 1 aromatic carbocycles. The lowest BCUT2D eigenvalue weighted by molar-refractivity contribution is 0.185. The highest BCUT2D eigenvalue weighted by molar-refractivity contribution is 7.15. The molecule has 0 saturated carbocycles. The molecule has 0 aliphatic carbocycles. The van der Waals surface area contributed by atoms with Gasteiger partial charge in [0.15, 0.2) is 0 Å². The predicted molar refractivity (Wildman–Crippen MR) is 94.4 cm³/mol. The number of rotatable bonds is 5. The topological polar surface area (TPSA) is 76.1 Å². The minimum Gasteiger partial charge on any atom is -0.381 e. The van der Waals surface area contributed by atoms with Gasteiger partial charge in [-0.15, -0.1) is 10.2 Å². The van der Waals surface area contributed by atoms with Crippen LogP contribution in [0.4, 0.5) is 9.93 Å². The Morgan fingerprint density at radius 2 is 2.12 bits per heavy atom. The molecule has 1 aromatic heterocycles. The summed E-state index contributed by atoms with van der Waals surface area (Å²) in [6.45, 7) is 6.32. The molecule has 7 heteroatoms. The summed E-state index contributed by atoms with van der Waals surface area (Å²) in [5, 5.41) is 15.4. The Hall–Kier alpha value is -1.99. The Morgan fingerprint density at radius 3 is 2.83 bits per heavy atom. The number of urea groups is 1. The summed E-state index contributed by atoms with van der Waals surface area (Å²) in [5.74, 6) is 0.401. The van der Waals surface area contributed by atoms with Crippen molar-refractivity contribution in [2.75, 3.05) is 25.1 Å². The van der Waals surface area contributed by atoms with Gasteiger partial charge in [-0.1, -0.05) is 41.7 Å². The second-order valence-corrected chi connectivity index (χ2v) is 7.45. The number of carbonyl (C=O) groups is 1. The van der Waals surface area contributed by atoms with Crippen molar-refractivity contribution < 1.29 is 9.53 Å². The molecule has 0 bridgehead atoms. The van der Waals surface area contributed by atoms with Crippen molar-refractivity contribution in [3.63, 3.8) is 0 Å². The Bertz CT molecular complexity index is 681. The maximum absolute atomic E-state index is 12.0. The van der Waals surface area contributed by atoms with Gasteiger partial charge in [-0.05, 0) is 25.8 Å². The lowest BCUT2D eigenvalue weighted by atomic mass is 9.85. The first-order valence-corrected chi connectivity index (χ1v) is 8.89. The fraction of sp³-hybridized carbons (Fsp3) is 0.471. The summed E-state index contributed by atoms with van der Waals surface area (Å²) < 4.78 is 5.30. The summed E-state index contributed by atoms with van der Waals surface area (Å²) in [5.41, 5.74) is 0.912. The van der Waals surface area contributed by atoms with Crippen molar-refractivity contribution in [2.45, 2.75) is 25.7 Å². The van der Waals surface area contributed by atoms with E-state index in [1.165, 1.54) is 16.9 Å². The van der Waals surface area contributed by atoms with Crippen LogP contribution < -0.4 is 10.6 Å². The molecular weight excluding hydrogens is 324 g/mol. The minimum absolute atomic E-state index is 0.248. The smallest absolute Gasteiger partial charge is 0.321 e. The van der Waals surface area contributed by atoms with Gasteiger partial charge < -0.3 is 10.1 Å². The van der Waals surface area contributed by atoms with Crippen LogP contribution in [0.5, 0.6) is 0 Å². The van der Waals surface area contributed by atoms with Gasteiger partial charge in [0.1, 0.15) is 5.01 Å². The SMILES string of the molecule is CC(C)(c1ccccc1)c1nnc(NC(=O)NC[C@H]2CCOC2)s1. The zero-order valence-corrected chi connectivity index (χ0v) is 14.7. The van der Waals surface area contributed by atoms with Crippen LogP contribution in [0.1, 0.15) is 30.8 Å². The second-order valence-electron chi connectivity index (χ2n) is 6.47. The highest BCUT2D eigenvalue weighted by Crippen LogP contribution is 2.34. The van der Waals surface area contributed by atoms with Gasteiger partial charge in [0, 0.05) is 24.5 Å². The van der Waals surface area contributed by atoms with Crippen molar-refractivity contribution in [2.24, 2.45) is 5.92 Å². The van der Waals surface area contributed by atoms with Crippen LogP contribution in [0, 0.1) is 5.92 Å². The third-order valence-electron chi connectivity index (χ3n) is 4.25. The Morgan fingerprint density at radius 1 is 1.33 bits per heavy atom. The van der Waals surface area contributed by atoms with E-state index in [0.29, 0.717) is 24.2 Å². The van der Waals surface area contributed by atoms with Crippen molar-refractivity contribution in [3.05, 3.63) is 40.9 Å². The van der Waals surface area contributed by atoms with E-state index >= 15 is 0 Å². The normalized spacial score (nSPS) is 17.7. The molecule has 1 atom stereocenters. The first-order valence-electron chi connectivity index (χ1n) is 8.08. The number of anilines is 1. The molecular formula is C17H22N4O2S. The van der Waals surface area contributed by atoms with Crippen LogP contribution in [0.2, 0.25) is 0 Å². The average molecular weight is 346 g/mol. The van der Waals surface area contributed by atoms with Gasteiger partial charge in [-0.2, -0.15) is 0 Å². The minimum atomic E-state index is -0.253. The Kier molecular flexibility index (Phi) is 5.11. The maximum Gasteiger partial charge on any atom is 0.321 e. The predicted octanol–water partition coefficient (Wildman–Crippen LogP) is 3.02. The van der Waals surface area contributed by atoms with Crippen LogP contribution in [-0.2, 0) is 10.2 Å². The molecule has 3 rings (SSSR count). The molecule has 1 aliphatic heterocycles. The number of ether oxygens (including phenoxy) is 1. The molecule has 1 fully saturated rings. The second kappa shape index (κ2) is 7.27. The number of amides is 2. The molecule has 128 valence electrons. The van der Waals surface area contributed by atoms with Crippen molar-refractivity contribution in [3.8, 4) is 0 Å². The standard InChI is InChI=1S/C17H22N4O2S/c1-17(2,13-6-4-3-5-7-13)14-20-21-16(24-14)19-15(22)18-10-12-8-9-23-11-12/h3-7,12H,8-11H2,1-2H3,(H2,18,19,21,22)/t12-/m1/s1. The van der Waals surface area contributed by atoms with E-state index in [0.717, 1.165) is 18.0 Å². The molecule has 2 amide bonds. The summed E-state index contributed by atoms with van der Waals surface area (Å²) >= 11 is 1.40. The first-order chi connectivity index (χ1) is 11.6. The fourth-order valence-corrected chi connectivity index (χ4v) is 3.49. The largest absolute Gasteiger partial charge is 0.381 e. The average Bonchev–Trinajstić information content (AvgIpc) is 3.26. The molecule has 24 heavy (non-hydrogen) atoms.